The highest BCUT2D eigenvalue weighted by atomic mass is 35.5. The summed E-state index contributed by atoms with van der Waals surface area (Å²) in [5.41, 5.74) is 6.32. The molecule has 0 amide bonds. The summed E-state index contributed by atoms with van der Waals surface area (Å²) in [5, 5.41) is -0.0139. The summed E-state index contributed by atoms with van der Waals surface area (Å²) in [4.78, 5) is 10.7. The Morgan fingerprint density at radius 2 is 2.18 bits per heavy atom. The molecule has 2 nitrogen and oxygen atoms in total. The fraction of sp³-hybridized carbons (Fsp3) is 0. The molecule has 0 aliphatic heterocycles. The second-order valence-electron chi connectivity index (χ2n) is 2.04. The molecule has 0 fully saturated rings. The lowest BCUT2D eigenvalue weighted by Crippen LogP contribution is -1.92. The van der Waals surface area contributed by atoms with E-state index in [4.69, 9.17) is 17.3 Å². The van der Waals surface area contributed by atoms with E-state index in [0.29, 0.717) is 16.3 Å². The number of carbonyl (C=O) groups excluding carboxylic acids is 1. The number of thiol groups is 1. The lowest BCUT2D eigenvalue weighted by Gasteiger charge is -1.98. The molecule has 0 bridgehead atoms. The third-order valence-corrected chi connectivity index (χ3v) is 1.78. The molecule has 2 N–H and O–H groups in total. The molecule has 0 spiro atoms. The van der Waals surface area contributed by atoms with Gasteiger partial charge in [0.05, 0.1) is 5.02 Å². The number of halogens is 1. The molecule has 0 unspecified atom stereocenters. The monoisotopic (exact) mass is 187 g/mol. The first kappa shape index (κ1) is 8.43. The number of nitrogen functional groups attached to an aromatic ring is 1. The quantitative estimate of drug-likeness (QED) is 0.522. The van der Waals surface area contributed by atoms with Crippen LogP contribution in [0.1, 0.15) is 10.4 Å². The number of hydrogen-bond donors (Lipinski definition) is 2. The molecule has 58 valence electrons. The van der Waals surface area contributed by atoms with Crippen LogP contribution in [-0.2, 0) is 0 Å². The molecule has 0 aliphatic rings. The Hall–Kier alpha value is -0.670. The molecule has 11 heavy (non-hydrogen) atoms. The van der Waals surface area contributed by atoms with Crippen molar-refractivity contribution >= 4 is 35.0 Å². The van der Waals surface area contributed by atoms with Gasteiger partial charge in [-0.05, 0) is 18.2 Å². The van der Waals surface area contributed by atoms with Crippen molar-refractivity contribution in [2.24, 2.45) is 0 Å². The summed E-state index contributed by atoms with van der Waals surface area (Å²) in [6, 6.07) is 4.67. The van der Waals surface area contributed by atoms with Gasteiger partial charge in [0.1, 0.15) is 0 Å². The van der Waals surface area contributed by atoms with E-state index in [1.54, 1.807) is 12.1 Å². The van der Waals surface area contributed by atoms with Crippen LogP contribution in [0.25, 0.3) is 0 Å². The van der Waals surface area contributed by atoms with Crippen LogP contribution in [0.5, 0.6) is 0 Å². The molecular formula is C7H6ClNOS. The van der Waals surface area contributed by atoms with Gasteiger partial charge in [-0.25, -0.2) is 0 Å². The maximum absolute atomic E-state index is 10.7. The van der Waals surface area contributed by atoms with Crippen molar-refractivity contribution in [2.75, 3.05) is 5.73 Å². The maximum atomic E-state index is 10.7. The molecule has 0 heterocycles. The van der Waals surface area contributed by atoms with Crippen molar-refractivity contribution in [2.45, 2.75) is 0 Å². The van der Waals surface area contributed by atoms with Gasteiger partial charge in [-0.15, -0.1) is 12.6 Å². The maximum Gasteiger partial charge on any atom is 0.217 e. The number of anilines is 1. The van der Waals surface area contributed by atoms with Gasteiger partial charge in [-0.3, -0.25) is 4.79 Å². The number of hydrogen-bond acceptors (Lipinski definition) is 2. The van der Waals surface area contributed by atoms with E-state index in [2.05, 4.69) is 12.6 Å². The summed E-state index contributed by atoms with van der Waals surface area (Å²) < 4.78 is 0. The second kappa shape index (κ2) is 3.15. The SMILES string of the molecule is Nc1ccc(C(=O)S)c(Cl)c1. The van der Waals surface area contributed by atoms with Gasteiger partial charge in [0.25, 0.3) is 0 Å². The van der Waals surface area contributed by atoms with Crippen molar-refractivity contribution in [3.05, 3.63) is 28.8 Å². The fourth-order valence-electron chi connectivity index (χ4n) is 0.705. The normalized spacial score (nSPS) is 9.64. The van der Waals surface area contributed by atoms with Crippen LogP contribution in [0, 0.1) is 0 Å². The van der Waals surface area contributed by atoms with Gasteiger partial charge in [-0.1, -0.05) is 11.6 Å². The van der Waals surface area contributed by atoms with Crippen molar-refractivity contribution in [3.8, 4) is 0 Å². The summed E-state index contributed by atoms with van der Waals surface area (Å²) in [6.45, 7) is 0. The summed E-state index contributed by atoms with van der Waals surface area (Å²) in [7, 11) is 0. The molecule has 0 atom stereocenters. The van der Waals surface area contributed by atoms with Crippen molar-refractivity contribution in [1.82, 2.24) is 0 Å². The Morgan fingerprint density at radius 3 is 2.64 bits per heavy atom. The number of carbonyl (C=O) groups is 1. The summed E-state index contributed by atoms with van der Waals surface area (Å²) in [5.74, 6) is 0. The number of nitrogens with two attached hydrogens (primary N) is 1. The minimum absolute atomic E-state index is 0.338. The van der Waals surface area contributed by atoms with Crippen LogP contribution in [0.2, 0.25) is 5.02 Å². The van der Waals surface area contributed by atoms with Crippen molar-refractivity contribution < 1.29 is 4.79 Å². The average Bonchev–Trinajstić information content (AvgIpc) is 1.85. The smallest absolute Gasteiger partial charge is 0.217 e. The van der Waals surface area contributed by atoms with Gasteiger partial charge in [-0.2, -0.15) is 0 Å². The molecule has 1 rings (SSSR count). The molecule has 0 aromatic heterocycles. The molecule has 1 aromatic carbocycles. The van der Waals surface area contributed by atoms with Crippen LogP contribution < -0.4 is 5.73 Å². The first-order valence-corrected chi connectivity index (χ1v) is 3.72. The molecule has 0 saturated carbocycles. The van der Waals surface area contributed by atoms with Gasteiger partial charge >= 0.3 is 0 Å². The van der Waals surface area contributed by atoms with Crippen LogP contribution in [0.15, 0.2) is 18.2 Å². The third kappa shape index (κ3) is 1.88. The highest BCUT2D eigenvalue weighted by Gasteiger charge is 2.04. The Labute approximate surface area is 74.8 Å². The largest absolute Gasteiger partial charge is 0.399 e. The van der Waals surface area contributed by atoms with Gasteiger partial charge in [0.2, 0.25) is 5.12 Å². The van der Waals surface area contributed by atoms with Gasteiger partial charge < -0.3 is 5.73 Å². The lowest BCUT2D eigenvalue weighted by atomic mass is 10.2. The topological polar surface area (TPSA) is 43.1 Å². The van der Waals surface area contributed by atoms with Crippen molar-refractivity contribution in [1.29, 1.82) is 0 Å². The first-order chi connectivity index (χ1) is 5.11. The Morgan fingerprint density at radius 1 is 1.55 bits per heavy atom. The van der Waals surface area contributed by atoms with E-state index >= 15 is 0 Å². The standard InChI is InChI=1S/C7H6ClNOS/c8-6-3-4(9)1-2-5(6)7(10)11/h1-3H,9H2,(H,10,11). The van der Waals surface area contributed by atoms with Gasteiger partial charge in [0.15, 0.2) is 0 Å². The highest BCUT2D eigenvalue weighted by molar-refractivity contribution is 7.97. The van der Waals surface area contributed by atoms with Crippen LogP contribution in [-0.4, -0.2) is 5.12 Å². The Kier molecular flexibility index (Phi) is 2.42. The third-order valence-electron chi connectivity index (χ3n) is 1.22. The predicted molar refractivity (Wildman–Crippen MR) is 49.2 cm³/mol. The minimum atomic E-state index is -0.352. The zero-order chi connectivity index (χ0) is 8.43. The predicted octanol–water partition coefficient (Wildman–Crippen LogP) is 1.99. The molecular weight excluding hydrogens is 182 g/mol. The van der Waals surface area contributed by atoms with Crippen molar-refractivity contribution in [3.63, 3.8) is 0 Å². The molecule has 1 aromatic rings. The summed E-state index contributed by atoms with van der Waals surface area (Å²) in [6.07, 6.45) is 0. The molecule has 0 saturated heterocycles. The molecule has 4 heteroatoms. The van der Waals surface area contributed by atoms with Crippen LogP contribution in [0.3, 0.4) is 0 Å². The van der Waals surface area contributed by atoms with E-state index in [1.165, 1.54) is 6.07 Å². The van der Waals surface area contributed by atoms with Crippen LogP contribution >= 0.6 is 24.2 Å². The highest BCUT2D eigenvalue weighted by Crippen LogP contribution is 2.20. The van der Waals surface area contributed by atoms with E-state index in [-0.39, 0.29) is 5.12 Å². The molecule has 0 aliphatic carbocycles. The lowest BCUT2D eigenvalue weighted by molar-refractivity contribution is 0.109. The minimum Gasteiger partial charge on any atom is -0.399 e. The van der Waals surface area contributed by atoms with E-state index in [0.717, 1.165) is 0 Å². The van der Waals surface area contributed by atoms with E-state index in [9.17, 15) is 4.79 Å². The second-order valence-corrected chi connectivity index (χ2v) is 2.86. The van der Waals surface area contributed by atoms with E-state index in [1.807, 2.05) is 0 Å². The summed E-state index contributed by atoms with van der Waals surface area (Å²) >= 11 is 9.30. The first-order valence-electron chi connectivity index (χ1n) is 2.89. The Balaban J connectivity index is 3.20. The van der Waals surface area contributed by atoms with Gasteiger partial charge in [0, 0.05) is 11.3 Å². The number of benzene rings is 1. The zero-order valence-electron chi connectivity index (χ0n) is 5.54. The average molecular weight is 188 g/mol. The number of rotatable bonds is 1. The van der Waals surface area contributed by atoms with Crippen LogP contribution in [0.4, 0.5) is 5.69 Å². The van der Waals surface area contributed by atoms with E-state index < -0.39 is 0 Å². The zero-order valence-corrected chi connectivity index (χ0v) is 7.19. The fourth-order valence-corrected chi connectivity index (χ4v) is 1.24. The molecule has 0 radical (unpaired) electrons. The Bertz CT molecular complexity index is 300.